The summed E-state index contributed by atoms with van der Waals surface area (Å²) in [5.41, 5.74) is 6.27. The van der Waals surface area contributed by atoms with Crippen LogP contribution in [0.25, 0.3) is 0 Å². The normalized spacial score (nSPS) is 10.8. The van der Waals surface area contributed by atoms with E-state index < -0.39 is 0 Å². The molecule has 11 nitrogen and oxygen atoms in total. The standard InChI is InChI=1S/C17H22N8O3S/c1-27-9-5-8-25-16(26)23-24-17(25)29-10-13-20-14(18)22-15(21-13)19-11-6-3-4-7-12(11)28-2/h3-4,6-7H,5,8-10H2,1-2H3,(H,23,26)(H3,18,19,20,21,22). The van der Waals surface area contributed by atoms with E-state index in [4.69, 9.17) is 15.2 Å². The van der Waals surface area contributed by atoms with Gasteiger partial charge in [0, 0.05) is 20.3 Å². The van der Waals surface area contributed by atoms with Crippen LogP contribution in [-0.2, 0) is 17.0 Å². The molecule has 4 N–H and O–H groups in total. The van der Waals surface area contributed by atoms with Gasteiger partial charge in [0.05, 0.1) is 18.6 Å². The molecule has 0 saturated heterocycles. The van der Waals surface area contributed by atoms with Gasteiger partial charge < -0.3 is 20.5 Å². The van der Waals surface area contributed by atoms with Crippen LogP contribution in [0.15, 0.2) is 34.2 Å². The van der Waals surface area contributed by atoms with E-state index in [2.05, 4.69) is 30.5 Å². The summed E-state index contributed by atoms with van der Waals surface area (Å²) in [7, 11) is 3.20. The SMILES string of the molecule is COCCCn1c(SCc2nc(N)nc(Nc3ccccc3OC)n2)n[nH]c1=O. The molecule has 3 aromatic rings. The predicted octanol–water partition coefficient (Wildman–Crippen LogP) is 1.42. The van der Waals surface area contributed by atoms with Gasteiger partial charge in [0.15, 0.2) is 5.16 Å². The molecule has 0 fully saturated rings. The molecule has 154 valence electrons. The molecule has 0 aliphatic heterocycles. The lowest BCUT2D eigenvalue weighted by molar-refractivity contribution is 0.189. The van der Waals surface area contributed by atoms with Crippen molar-refractivity contribution < 1.29 is 9.47 Å². The molecule has 0 aliphatic carbocycles. The number of aromatic amines is 1. The molecular formula is C17H22N8O3S. The number of hydrogen-bond acceptors (Lipinski definition) is 10. The quantitative estimate of drug-likeness (QED) is 0.326. The summed E-state index contributed by atoms with van der Waals surface area (Å²) in [6, 6.07) is 7.40. The number of nitrogen functional groups attached to an aromatic ring is 1. The summed E-state index contributed by atoms with van der Waals surface area (Å²) in [5.74, 6) is 1.87. The third-order valence-corrected chi connectivity index (χ3v) is 4.81. The zero-order valence-corrected chi connectivity index (χ0v) is 16.9. The van der Waals surface area contributed by atoms with Crippen molar-refractivity contribution in [3.8, 4) is 5.75 Å². The minimum absolute atomic E-state index is 0.0903. The Morgan fingerprint density at radius 1 is 1.24 bits per heavy atom. The van der Waals surface area contributed by atoms with Gasteiger partial charge in [0.1, 0.15) is 11.6 Å². The van der Waals surface area contributed by atoms with E-state index >= 15 is 0 Å². The average Bonchev–Trinajstić information content (AvgIpc) is 3.06. The summed E-state index contributed by atoms with van der Waals surface area (Å²) in [5, 5.41) is 10.1. The van der Waals surface area contributed by atoms with Crippen LogP contribution in [0.3, 0.4) is 0 Å². The summed E-state index contributed by atoms with van der Waals surface area (Å²) in [4.78, 5) is 24.6. The monoisotopic (exact) mass is 418 g/mol. The van der Waals surface area contributed by atoms with E-state index in [-0.39, 0.29) is 11.6 Å². The molecule has 1 aromatic carbocycles. The Balaban J connectivity index is 1.72. The average molecular weight is 418 g/mol. The topological polar surface area (TPSA) is 146 Å². The first-order chi connectivity index (χ1) is 14.1. The number of methoxy groups -OCH3 is 2. The van der Waals surface area contributed by atoms with Gasteiger partial charge in [0.25, 0.3) is 0 Å². The number of nitrogens with one attached hydrogen (secondary N) is 2. The number of hydrogen-bond donors (Lipinski definition) is 3. The second kappa shape index (κ2) is 9.89. The Morgan fingerprint density at radius 3 is 2.86 bits per heavy atom. The number of aromatic nitrogens is 6. The Labute approximate surface area is 171 Å². The van der Waals surface area contributed by atoms with Crippen molar-refractivity contribution in [2.45, 2.75) is 23.9 Å². The minimum atomic E-state index is -0.266. The zero-order valence-electron chi connectivity index (χ0n) is 16.1. The molecule has 0 bridgehead atoms. The van der Waals surface area contributed by atoms with Crippen molar-refractivity contribution in [1.82, 2.24) is 29.7 Å². The number of nitrogens with zero attached hydrogens (tertiary/aromatic N) is 5. The summed E-state index contributed by atoms with van der Waals surface area (Å²) in [6.45, 7) is 1.06. The highest BCUT2D eigenvalue weighted by Gasteiger charge is 2.12. The van der Waals surface area contributed by atoms with Gasteiger partial charge >= 0.3 is 5.69 Å². The smallest absolute Gasteiger partial charge is 0.343 e. The highest BCUT2D eigenvalue weighted by atomic mass is 32.2. The van der Waals surface area contributed by atoms with Gasteiger partial charge in [-0.1, -0.05) is 23.9 Å². The van der Waals surface area contributed by atoms with Gasteiger partial charge in [-0.05, 0) is 18.6 Å². The molecule has 29 heavy (non-hydrogen) atoms. The van der Waals surface area contributed by atoms with E-state index in [1.54, 1.807) is 18.8 Å². The Morgan fingerprint density at radius 2 is 2.07 bits per heavy atom. The lowest BCUT2D eigenvalue weighted by Crippen LogP contribution is -2.18. The molecule has 0 saturated carbocycles. The lowest BCUT2D eigenvalue weighted by Gasteiger charge is -2.10. The summed E-state index contributed by atoms with van der Waals surface area (Å²) in [6.07, 6.45) is 0.704. The molecular weight excluding hydrogens is 396 g/mol. The first-order valence-corrected chi connectivity index (χ1v) is 9.76. The van der Waals surface area contributed by atoms with Gasteiger partial charge in [0.2, 0.25) is 11.9 Å². The van der Waals surface area contributed by atoms with Crippen LogP contribution in [-0.4, -0.2) is 50.5 Å². The van der Waals surface area contributed by atoms with Crippen molar-refractivity contribution in [3.63, 3.8) is 0 Å². The number of benzene rings is 1. The fourth-order valence-electron chi connectivity index (χ4n) is 2.53. The van der Waals surface area contributed by atoms with Crippen LogP contribution in [0, 0.1) is 0 Å². The number of H-pyrrole nitrogens is 1. The lowest BCUT2D eigenvalue weighted by atomic mass is 10.3. The number of ether oxygens (including phenoxy) is 2. The molecule has 0 spiro atoms. The van der Waals surface area contributed by atoms with Gasteiger partial charge in [-0.3, -0.25) is 4.57 Å². The van der Waals surface area contributed by atoms with Crippen molar-refractivity contribution in [2.75, 3.05) is 31.9 Å². The Hall–Kier alpha value is -3.12. The Kier molecular flexibility index (Phi) is 7.03. The van der Waals surface area contributed by atoms with Crippen LogP contribution in [0.4, 0.5) is 17.6 Å². The number of nitrogens with two attached hydrogens (primary N) is 1. The molecule has 2 heterocycles. The largest absolute Gasteiger partial charge is 0.495 e. The molecule has 2 aromatic heterocycles. The van der Waals surface area contributed by atoms with Gasteiger partial charge in [-0.2, -0.15) is 15.0 Å². The number of rotatable bonds is 10. The molecule has 0 radical (unpaired) electrons. The third-order valence-electron chi connectivity index (χ3n) is 3.84. The maximum absolute atomic E-state index is 11.9. The molecule has 0 unspecified atom stereocenters. The second-order valence-electron chi connectivity index (χ2n) is 5.86. The van der Waals surface area contributed by atoms with Crippen molar-refractivity contribution in [3.05, 3.63) is 40.6 Å². The van der Waals surface area contributed by atoms with E-state index in [1.807, 2.05) is 24.3 Å². The van der Waals surface area contributed by atoms with Crippen LogP contribution < -0.4 is 21.5 Å². The van der Waals surface area contributed by atoms with Crippen LogP contribution >= 0.6 is 11.8 Å². The molecule has 12 heteroatoms. The molecule has 3 rings (SSSR count). The highest BCUT2D eigenvalue weighted by Crippen LogP contribution is 2.26. The molecule has 0 atom stereocenters. The van der Waals surface area contributed by atoms with Crippen molar-refractivity contribution in [2.24, 2.45) is 0 Å². The first kappa shape index (κ1) is 20.6. The van der Waals surface area contributed by atoms with E-state index in [0.717, 1.165) is 0 Å². The predicted molar refractivity (Wildman–Crippen MR) is 109 cm³/mol. The third kappa shape index (κ3) is 5.45. The summed E-state index contributed by atoms with van der Waals surface area (Å²) >= 11 is 1.33. The van der Waals surface area contributed by atoms with E-state index in [9.17, 15) is 4.79 Å². The van der Waals surface area contributed by atoms with Gasteiger partial charge in [-0.25, -0.2) is 9.89 Å². The van der Waals surface area contributed by atoms with Crippen LogP contribution in [0.1, 0.15) is 12.2 Å². The van der Waals surface area contributed by atoms with Crippen LogP contribution in [0.2, 0.25) is 0 Å². The molecule has 0 aliphatic rings. The fourth-order valence-corrected chi connectivity index (χ4v) is 3.36. The second-order valence-corrected chi connectivity index (χ2v) is 6.80. The fraction of sp³-hybridized carbons (Fsp3) is 0.353. The van der Waals surface area contributed by atoms with Crippen LogP contribution in [0.5, 0.6) is 5.75 Å². The maximum Gasteiger partial charge on any atom is 0.343 e. The number of anilines is 3. The maximum atomic E-state index is 11.9. The number of para-hydroxylation sites is 2. The summed E-state index contributed by atoms with van der Waals surface area (Å²) < 4.78 is 11.9. The highest BCUT2D eigenvalue weighted by molar-refractivity contribution is 7.98. The zero-order chi connectivity index (χ0) is 20.6. The van der Waals surface area contributed by atoms with Crippen molar-refractivity contribution in [1.29, 1.82) is 0 Å². The van der Waals surface area contributed by atoms with E-state index in [0.29, 0.717) is 53.7 Å². The van der Waals surface area contributed by atoms with E-state index in [1.165, 1.54) is 11.8 Å². The number of thioether (sulfide) groups is 1. The Bertz CT molecular complexity index is 1010. The van der Waals surface area contributed by atoms with Crippen molar-refractivity contribution >= 4 is 29.3 Å². The van der Waals surface area contributed by atoms with Gasteiger partial charge in [-0.15, -0.1) is 5.10 Å². The first-order valence-electron chi connectivity index (χ1n) is 8.78. The molecule has 0 amide bonds. The minimum Gasteiger partial charge on any atom is -0.495 e.